The van der Waals surface area contributed by atoms with Gasteiger partial charge < -0.3 is 5.32 Å². The van der Waals surface area contributed by atoms with Crippen molar-refractivity contribution >= 4 is 9.84 Å². The molecule has 1 atom stereocenters. The minimum absolute atomic E-state index is 0.113. The molecule has 1 unspecified atom stereocenters. The summed E-state index contributed by atoms with van der Waals surface area (Å²) in [6.07, 6.45) is 2.67. The highest BCUT2D eigenvalue weighted by Gasteiger charge is 2.33. The van der Waals surface area contributed by atoms with Gasteiger partial charge in [-0.25, -0.2) is 12.8 Å². The fourth-order valence-corrected chi connectivity index (χ4v) is 5.07. The zero-order valence-electron chi connectivity index (χ0n) is 11.4. The van der Waals surface area contributed by atoms with E-state index in [2.05, 4.69) is 5.32 Å². The van der Waals surface area contributed by atoms with Crippen LogP contribution in [0.3, 0.4) is 0 Å². The molecule has 2 fully saturated rings. The van der Waals surface area contributed by atoms with Crippen molar-refractivity contribution in [1.82, 2.24) is 5.32 Å². The Morgan fingerprint density at radius 2 is 2.00 bits per heavy atom. The summed E-state index contributed by atoms with van der Waals surface area (Å²) in [5, 5.41) is 3.43. The third-order valence-corrected chi connectivity index (χ3v) is 6.34. The van der Waals surface area contributed by atoms with Crippen LogP contribution < -0.4 is 5.32 Å². The lowest BCUT2D eigenvalue weighted by molar-refractivity contribution is 0.275. The molecule has 20 heavy (non-hydrogen) atoms. The van der Waals surface area contributed by atoms with Gasteiger partial charge in [-0.15, -0.1) is 0 Å². The summed E-state index contributed by atoms with van der Waals surface area (Å²) in [7, 11) is -2.78. The SMILES string of the molecule is O=S1(=O)CCC(CNC2CC(c3ccccc3F)C2)C1. The maximum absolute atomic E-state index is 13.6. The van der Waals surface area contributed by atoms with E-state index in [1.807, 2.05) is 12.1 Å². The first kappa shape index (κ1) is 14.0. The first-order valence-corrected chi connectivity index (χ1v) is 9.04. The molecule has 1 saturated carbocycles. The molecular formula is C15H20FNO2S. The average molecular weight is 297 g/mol. The zero-order valence-corrected chi connectivity index (χ0v) is 12.2. The van der Waals surface area contributed by atoms with Crippen molar-refractivity contribution in [3.63, 3.8) is 0 Å². The number of sulfone groups is 1. The Balaban J connectivity index is 1.44. The summed E-state index contributed by atoms with van der Waals surface area (Å²) in [6, 6.07) is 7.37. The molecule has 0 bridgehead atoms. The summed E-state index contributed by atoms with van der Waals surface area (Å²) in [6.45, 7) is 0.772. The van der Waals surface area contributed by atoms with Gasteiger partial charge in [0, 0.05) is 6.04 Å². The molecule has 3 rings (SSSR count). The van der Waals surface area contributed by atoms with E-state index in [9.17, 15) is 12.8 Å². The van der Waals surface area contributed by atoms with Crippen molar-refractivity contribution in [2.45, 2.75) is 31.2 Å². The Hall–Kier alpha value is -0.940. The van der Waals surface area contributed by atoms with Crippen LogP contribution in [-0.4, -0.2) is 32.5 Å². The highest BCUT2D eigenvalue weighted by atomic mass is 32.2. The lowest BCUT2D eigenvalue weighted by Gasteiger charge is -2.37. The number of benzene rings is 1. The molecule has 0 radical (unpaired) electrons. The van der Waals surface area contributed by atoms with Gasteiger partial charge in [0.15, 0.2) is 9.84 Å². The van der Waals surface area contributed by atoms with E-state index in [-0.39, 0.29) is 11.7 Å². The van der Waals surface area contributed by atoms with Crippen LogP contribution in [-0.2, 0) is 9.84 Å². The second-order valence-corrected chi connectivity index (χ2v) is 8.29. The van der Waals surface area contributed by atoms with Crippen molar-refractivity contribution in [2.24, 2.45) is 5.92 Å². The van der Waals surface area contributed by atoms with Gasteiger partial charge in [-0.05, 0) is 49.3 Å². The highest BCUT2D eigenvalue weighted by molar-refractivity contribution is 7.91. The van der Waals surface area contributed by atoms with Crippen LogP contribution in [0.15, 0.2) is 24.3 Å². The van der Waals surface area contributed by atoms with Crippen molar-refractivity contribution in [3.05, 3.63) is 35.6 Å². The highest BCUT2D eigenvalue weighted by Crippen LogP contribution is 2.38. The predicted octanol–water partition coefficient (Wildman–Crippen LogP) is 2.10. The summed E-state index contributed by atoms with van der Waals surface area (Å²) >= 11 is 0. The Morgan fingerprint density at radius 3 is 2.65 bits per heavy atom. The second kappa shape index (κ2) is 5.45. The Kier molecular flexibility index (Phi) is 3.82. The van der Waals surface area contributed by atoms with E-state index in [0.717, 1.165) is 31.4 Å². The molecule has 0 aromatic heterocycles. The van der Waals surface area contributed by atoms with Crippen molar-refractivity contribution in [3.8, 4) is 0 Å². The minimum Gasteiger partial charge on any atom is -0.314 e. The van der Waals surface area contributed by atoms with Crippen LogP contribution in [0.25, 0.3) is 0 Å². The molecule has 0 amide bonds. The van der Waals surface area contributed by atoms with Crippen LogP contribution in [0.2, 0.25) is 0 Å². The third-order valence-electron chi connectivity index (χ3n) is 4.51. The molecule has 3 nitrogen and oxygen atoms in total. The molecule has 1 aromatic carbocycles. The van der Waals surface area contributed by atoms with Crippen LogP contribution in [0, 0.1) is 11.7 Å². The first-order valence-electron chi connectivity index (χ1n) is 7.22. The molecule has 1 aliphatic carbocycles. The van der Waals surface area contributed by atoms with Gasteiger partial charge in [-0.1, -0.05) is 18.2 Å². The maximum Gasteiger partial charge on any atom is 0.150 e. The third kappa shape index (κ3) is 3.04. The molecule has 2 aliphatic rings. The smallest absolute Gasteiger partial charge is 0.150 e. The summed E-state index contributed by atoms with van der Waals surface area (Å²) < 4.78 is 36.4. The normalized spacial score (nSPS) is 31.9. The Morgan fingerprint density at radius 1 is 1.25 bits per heavy atom. The summed E-state index contributed by atoms with van der Waals surface area (Å²) in [5.41, 5.74) is 0.814. The zero-order chi connectivity index (χ0) is 14.2. The Labute approximate surface area is 119 Å². The largest absolute Gasteiger partial charge is 0.314 e. The maximum atomic E-state index is 13.6. The van der Waals surface area contributed by atoms with Crippen molar-refractivity contribution in [1.29, 1.82) is 0 Å². The summed E-state index contributed by atoms with van der Waals surface area (Å²) in [4.78, 5) is 0. The van der Waals surface area contributed by atoms with Crippen molar-refractivity contribution < 1.29 is 12.8 Å². The van der Waals surface area contributed by atoms with Gasteiger partial charge in [0.1, 0.15) is 5.82 Å². The monoisotopic (exact) mass is 297 g/mol. The number of nitrogens with one attached hydrogen (secondary N) is 1. The van der Waals surface area contributed by atoms with Crippen LogP contribution in [0.1, 0.15) is 30.7 Å². The van der Waals surface area contributed by atoms with Crippen LogP contribution >= 0.6 is 0 Å². The molecule has 1 aliphatic heterocycles. The van der Waals surface area contributed by atoms with E-state index < -0.39 is 9.84 Å². The van der Waals surface area contributed by atoms with Gasteiger partial charge in [-0.3, -0.25) is 0 Å². The number of halogens is 1. The molecule has 1 saturated heterocycles. The van der Waals surface area contributed by atoms with Gasteiger partial charge in [0.2, 0.25) is 0 Å². The van der Waals surface area contributed by atoms with E-state index in [0.29, 0.717) is 23.5 Å². The molecule has 1 N–H and O–H groups in total. The number of rotatable bonds is 4. The molecule has 5 heteroatoms. The lowest BCUT2D eigenvalue weighted by Crippen LogP contribution is -2.42. The van der Waals surface area contributed by atoms with Gasteiger partial charge in [-0.2, -0.15) is 0 Å². The van der Waals surface area contributed by atoms with Crippen LogP contribution in [0.4, 0.5) is 4.39 Å². The minimum atomic E-state index is -2.78. The molecule has 110 valence electrons. The van der Waals surface area contributed by atoms with Crippen LogP contribution in [0.5, 0.6) is 0 Å². The number of hydrogen-bond donors (Lipinski definition) is 1. The molecular weight excluding hydrogens is 277 g/mol. The first-order chi connectivity index (χ1) is 9.53. The summed E-state index contributed by atoms with van der Waals surface area (Å²) in [5.74, 6) is 1.11. The molecule has 0 spiro atoms. The van der Waals surface area contributed by atoms with E-state index in [1.165, 1.54) is 6.07 Å². The predicted molar refractivity (Wildman–Crippen MR) is 76.9 cm³/mol. The van der Waals surface area contributed by atoms with E-state index >= 15 is 0 Å². The fraction of sp³-hybridized carbons (Fsp3) is 0.600. The Bertz CT molecular complexity index is 581. The van der Waals surface area contributed by atoms with Gasteiger partial charge in [0.05, 0.1) is 11.5 Å². The van der Waals surface area contributed by atoms with Gasteiger partial charge >= 0.3 is 0 Å². The average Bonchev–Trinajstić information content (AvgIpc) is 2.69. The van der Waals surface area contributed by atoms with Crippen molar-refractivity contribution in [2.75, 3.05) is 18.1 Å². The lowest BCUT2D eigenvalue weighted by atomic mass is 9.75. The quantitative estimate of drug-likeness (QED) is 0.925. The van der Waals surface area contributed by atoms with Gasteiger partial charge in [0.25, 0.3) is 0 Å². The van der Waals surface area contributed by atoms with E-state index in [4.69, 9.17) is 0 Å². The topological polar surface area (TPSA) is 46.2 Å². The standard InChI is InChI=1S/C15H20FNO2S/c16-15-4-2-1-3-14(15)12-7-13(8-12)17-9-11-5-6-20(18,19)10-11/h1-4,11-13,17H,5-10H2. The molecule has 1 heterocycles. The van der Waals surface area contributed by atoms with E-state index in [1.54, 1.807) is 6.07 Å². The fourth-order valence-electron chi connectivity index (χ4n) is 3.21. The second-order valence-electron chi connectivity index (χ2n) is 6.06. The number of hydrogen-bond acceptors (Lipinski definition) is 3. The molecule has 1 aromatic rings.